The number of nitrogens with two attached hydrogens (primary N) is 1. The summed E-state index contributed by atoms with van der Waals surface area (Å²) < 4.78 is 50.3. The van der Waals surface area contributed by atoms with E-state index in [9.17, 15) is 18.0 Å². The van der Waals surface area contributed by atoms with Gasteiger partial charge in [-0.1, -0.05) is 11.6 Å². The van der Waals surface area contributed by atoms with E-state index in [-0.39, 0.29) is 18.4 Å². The van der Waals surface area contributed by atoms with Gasteiger partial charge < -0.3 is 25.4 Å². The number of halogens is 4. The quantitative estimate of drug-likeness (QED) is 0.502. The molecule has 2 aliphatic heterocycles. The lowest BCUT2D eigenvalue weighted by atomic mass is 9.95. The van der Waals surface area contributed by atoms with Crippen LogP contribution in [-0.4, -0.2) is 56.7 Å². The molecule has 1 saturated heterocycles. The maximum absolute atomic E-state index is 13.2. The van der Waals surface area contributed by atoms with E-state index in [4.69, 9.17) is 22.1 Å². The van der Waals surface area contributed by atoms with Gasteiger partial charge in [0.25, 0.3) is 0 Å². The van der Waals surface area contributed by atoms with Crippen LogP contribution in [0.3, 0.4) is 0 Å². The second kappa shape index (κ2) is 9.31. The number of amides is 2. The van der Waals surface area contributed by atoms with Crippen molar-refractivity contribution in [2.24, 2.45) is 0 Å². The minimum atomic E-state index is -4.91. The molecule has 14 heteroatoms. The lowest BCUT2D eigenvalue weighted by Crippen LogP contribution is -2.49. The number of nitrogens with zero attached hydrogens (tertiary/aromatic N) is 5. The van der Waals surface area contributed by atoms with Crippen molar-refractivity contribution in [2.75, 3.05) is 25.4 Å². The molecule has 38 heavy (non-hydrogen) atoms. The topological polar surface area (TPSA) is 120 Å². The number of fused-ring (bicyclic) bond motifs is 2. The molecule has 5 heterocycles. The van der Waals surface area contributed by atoms with Crippen molar-refractivity contribution < 1.29 is 27.4 Å². The van der Waals surface area contributed by atoms with E-state index in [2.05, 4.69) is 25.1 Å². The average Bonchev–Trinajstić information content (AvgIpc) is 3.46. The first-order valence-corrected chi connectivity index (χ1v) is 12.2. The number of carbonyl (C=O) groups is 1. The molecule has 0 radical (unpaired) electrons. The van der Waals surface area contributed by atoms with Crippen molar-refractivity contribution in [1.29, 1.82) is 0 Å². The van der Waals surface area contributed by atoms with Crippen LogP contribution in [0.1, 0.15) is 31.5 Å². The molecule has 1 atom stereocenters. The number of nitrogen functional groups attached to an aromatic ring is 1. The fraction of sp³-hybridized carbons (Fsp3) is 0.417. The highest BCUT2D eigenvalue weighted by Gasteiger charge is 2.47. The molecule has 3 aromatic heterocycles. The van der Waals surface area contributed by atoms with Gasteiger partial charge in [0.2, 0.25) is 0 Å². The number of likely N-dealkylation sites (tertiary alicyclic amines) is 1. The average molecular weight is 552 g/mol. The van der Waals surface area contributed by atoms with Gasteiger partial charge in [-0.15, -0.1) is 13.2 Å². The second-order valence-electron chi connectivity index (χ2n) is 9.72. The van der Waals surface area contributed by atoms with Gasteiger partial charge in [-0.3, -0.25) is 9.67 Å². The summed E-state index contributed by atoms with van der Waals surface area (Å²) in [7, 11) is 0. The van der Waals surface area contributed by atoms with Crippen LogP contribution in [0.4, 0.5) is 23.8 Å². The third-order valence-corrected chi connectivity index (χ3v) is 7.02. The summed E-state index contributed by atoms with van der Waals surface area (Å²) in [4.78, 5) is 22.7. The zero-order valence-electron chi connectivity index (χ0n) is 20.5. The first kappa shape index (κ1) is 26.0. The largest absolute Gasteiger partial charge is 0.573 e. The molecule has 1 fully saturated rings. The van der Waals surface area contributed by atoms with Crippen LogP contribution in [0.5, 0.6) is 5.75 Å². The summed E-state index contributed by atoms with van der Waals surface area (Å²) in [5.41, 5.74) is 6.15. The Kier molecular flexibility index (Phi) is 6.38. The van der Waals surface area contributed by atoms with Crippen LogP contribution in [0.15, 0.2) is 36.8 Å². The zero-order valence-corrected chi connectivity index (χ0v) is 21.3. The van der Waals surface area contributed by atoms with Gasteiger partial charge in [-0.2, -0.15) is 5.10 Å². The Bertz CT molecular complexity index is 1380. The Hall–Kier alpha value is -3.58. The molecule has 0 aromatic carbocycles. The summed E-state index contributed by atoms with van der Waals surface area (Å²) in [6, 6.07) is 4.37. The number of anilines is 1. The lowest BCUT2D eigenvalue weighted by molar-refractivity contribution is -0.274. The first-order valence-electron chi connectivity index (χ1n) is 11.8. The smallest absolute Gasteiger partial charge is 0.402 e. The van der Waals surface area contributed by atoms with Crippen LogP contribution >= 0.6 is 11.6 Å². The number of ether oxygens (including phenoxy) is 2. The molecule has 3 N–H and O–H groups in total. The number of urea groups is 1. The number of nitrogens with one attached hydrogen (secondary N) is 1. The Balaban J connectivity index is 1.37. The third kappa shape index (κ3) is 4.95. The Morgan fingerprint density at radius 2 is 2.05 bits per heavy atom. The van der Waals surface area contributed by atoms with E-state index in [1.807, 2.05) is 13.8 Å². The number of pyridine rings is 2. The standard InChI is InChI=1S/C24H25ClF3N7O3/c1-22(2,15-3-5-30-12-16(15)25)32-21(36)34-6-4-23(13-34)19-10-17(33-35(19)7-8-37-23)14-9-18(20(29)31-11-14)38-24(26,27)28/h3,5,9-12H,4,6-8,13H2,1-2H3,(H2,29,31)(H,32,36)/t23-/m1/s1. The molecular weight excluding hydrogens is 527 g/mol. The lowest BCUT2D eigenvalue weighted by Gasteiger charge is -2.35. The SMILES string of the molecule is CC(C)(NC(=O)N1CC[C@]2(C1)OCCn1nc(-c3cnc(N)c(OC(F)(F)F)c3)cc12)c1ccncc1Cl. The summed E-state index contributed by atoms with van der Waals surface area (Å²) in [5, 5.41) is 8.05. The van der Waals surface area contributed by atoms with E-state index in [1.165, 1.54) is 12.4 Å². The molecule has 0 aliphatic carbocycles. The molecule has 10 nitrogen and oxygen atoms in total. The van der Waals surface area contributed by atoms with Crippen molar-refractivity contribution in [3.05, 3.63) is 53.1 Å². The number of alkyl halides is 3. The Morgan fingerprint density at radius 1 is 1.26 bits per heavy atom. The Labute approximate surface area is 220 Å². The molecule has 0 bridgehead atoms. The minimum absolute atomic E-state index is 0.270. The third-order valence-electron chi connectivity index (χ3n) is 6.72. The van der Waals surface area contributed by atoms with Crippen LogP contribution in [0.25, 0.3) is 11.3 Å². The van der Waals surface area contributed by atoms with Crippen LogP contribution in [0, 0.1) is 0 Å². The van der Waals surface area contributed by atoms with E-state index < -0.39 is 23.3 Å². The first-order chi connectivity index (χ1) is 17.9. The highest BCUT2D eigenvalue weighted by atomic mass is 35.5. The van der Waals surface area contributed by atoms with Gasteiger partial charge >= 0.3 is 12.4 Å². The van der Waals surface area contributed by atoms with Crippen molar-refractivity contribution >= 4 is 23.4 Å². The minimum Gasteiger partial charge on any atom is -0.402 e. The summed E-state index contributed by atoms with van der Waals surface area (Å²) in [6.07, 6.45) is 0.0823. The van der Waals surface area contributed by atoms with E-state index in [0.29, 0.717) is 42.4 Å². The molecule has 202 valence electrons. The number of rotatable bonds is 4. The van der Waals surface area contributed by atoms with Gasteiger partial charge in [-0.05, 0) is 37.6 Å². The van der Waals surface area contributed by atoms with Crippen LogP contribution in [0.2, 0.25) is 5.02 Å². The van der Waals surface area contributed by atoms with Crippen molar-refractivity contribution in [1.82, 2.24) is 30.0 Å². The molecule has 2 amide bonds. The van der Waals surface area contributed by atoms with Gasteiger partial charge in [0.05, 0.1) is 41.6 Å². The second-order valence-corrected chi connectivity index (χ2v) is 10.1. The molecule has 1 spiro atoms. The maximum Gasteiger partial charge on any atom is 0.573 e. The van der Waals surface area contributed by atoms with Gasteiger partial charge in [0.1, 0.15) is 5.60 Å². The molecule has 5 rings (SSSR count). The predicted molar refractivity (Wildman–Crippen MR) is 131 cm³/mol. The highest BCUT2D eigenvalue weighted by Crippen LogP contribution is 2.41. The van der Waals surface area contributed by atoms with Crippen LogP contribution < -0.4 is 15.8 Å². The summed E-state index contributed by atoms with van der Waals surface area (Å²) in [5.74, 6) is -0.990. The fourth-order valence-electron chi connectivity index (χ4n) is 4.88. The number of hydrogen-bond donors (Lipinski definition) is 2. The van der Waals surface area contributed by atoms with E-state index >= 15 is 0 Å². The normalized spacial score (nSPS) is 19.5. The number of hydrogen-bond acceptors (Lipinski definition) is 7. The summed E-state index contributed by atoms with van der Waals surface area (Å²) >= 11 is 6.30. The van der Waals surface area contributed by atoms with Crippen molar-refractivity contribution in [3.63, 3.8) is 0 Å². The van der Waals surface area contributed by atoms with Crippen molar-refractivity contribution in [3.8, 4) is 17.0 Å². The Morgan fingerprint density at radius 3 is 2.79 bits per heavy atom. The zero-order chi connectivity index (χ0) is 27.3. The van der Waals surface area contributed by atoms with Crippen molar-refractivity contribution in [2.45, 2.75) is 44.3 Å². The van der Waals surface area contributed by atoms with E-state index in [0.717, 1.165) is 17.3 Å². The maximum atomic E-state index is 13.2. The number of carbonyl (C=O) groups excluding carboxylic acids is 1. The van der Waals surface area contributed by atoms with Gasteiger partial charge in [0, 0.05) is 37.1 Å². The number of aromatic nitrogens is 4. The van der Waals surface area contributed by atoms with E-state index in [1.54, 1.807) is 27.9 Å². The summed E-state index contributed by atoms with van der Waals surface area (Å²) in [6.45, 7) is 5.23. The molecule has 3 aromatic rings. The molecule has 2 aliphatic rings. The molecule has 0 saturated carbocycles. The highest BCUT2D eigenvalue weighted by molar-refractivity contribution is 6.31. The van der Waals surface area contributed by atoms with Crippen LogP contribution in [-0.2, 0) is 22.4 Å². The molecule has 0 unspecified atom stereocenters. The molecular formula is C24H25ClF3N7O3. The van der Waals surface area contributed by atoms with Gasteiger partial charge in [-0.25, -0.2) is 9.78 Å². The monoisotopic (exact) mass is 551 g/mol. The fourth-order valence-corrected chi connectivity index (χ4v) is 5.23. The predicted octanol–water partition coefficient (Wildman–Crippen LogP) is 4.05. The van der Waals surface area contributed by atoms with Gasteiger partial charge in [0.15, 0.2) is 11.6 Å².